The first-order valence-electron chi connectivity index (χ1n) is 8.22. The van der Waals surface area contributed by atoms with Gasteiger partial charge in [-0.25, -0.2) is 9.59 Å². The van der Waals surface area contributed by atoms with Gasteiger partial charge in [0, 0.05) is 25.5 Å². The van der Waals surface area contributed by atoms with Crippen LogP contribution in [-0.2, 0) is 6.18 Å². The third-order valence-electron chi connectivity index (χ3n) is 4.21. The monoisotopic (exact) mass is 391 g/mol. The normalized spacial score (nSPS) is 11.5. The van der Waals surface area contributed by atoms with Gasteiger partial charge >= 0.3 is 17.9 Å². The van der Waals surface area contributed by atoms with Crippen molar-refractivity contribution in [1.29, 1.82) is 0 Å². The van der Waals surface area contributed by atoms with E-state index in [0.717, 1.165) is 12.1 Å². The quantitative estimate of drug-likeness (QED) is 0.586. The molecule has 0 radical (unpaired) electrons. The first kappa shape index (κ1) is 19.5. The molecule has 0 atom stereocenters. The summed E-state index contributed by atoms with van der Waals surface area (Å²) in [6, 6.07) is 8.90. The number of amides is 1. The minimum absolute atomic E-state index is 0.180. The summed E-state index contributed by atoms with van der Waals surface area (Å²) >= 11 is 0. The molecule has 3 aromatic rings. The van der Waals surface area contributed by atoms with Gasteiger partial charge in [-0.15, -0.1) is 0 Å². The maximum absolute atomic E-state index is 12.7. The van der Waals surface area contributed by atoms with E-state index in [2.05, 4.69) is 0 Å². The Morgan fingerprint density at radius 2 is 1.71 bits per heavy atom. The third kappa shape index (κ3) is 3.71. The van der Waals surface area contributed by atoms with Crippen LogP contribution in [0.3, 0.4) is 0 Å². The zero-order chi connectivity index (χ0) is 20.6. The minimum atomic E-state index is -4.46. The molecule has 0 unspecified atom stereocenters. The van der Waals surface area contributed by atoms with Crippen LogP contribution in [0.4, 0.5) is 18.0 Å². The second-order valence-corrected chi connectivity index (χ2v) is 6.38. The molecule has 0 N–H and O–H groups in total. The molecule has 1 amide bonds. The number of hydrogen-bond acceptors (Lipinski definition) is 4. The van der Waals surface area contributed by atoms with Crippen molar-refractivity contribution in [3.05, 3.63) is 64.0 Å². The summed E-state index contributed by atoms with van der Waals surface area (Å²) in [5.74, 6) is 0.205. The molecule has 0 saturated heterocycles. The van der Waals surface area contributed by atoms with Crippen LogP contribution >= 0.6 is 0 Å². The number of aryl methyl sites for hydroxylation is 1. The van der Waals surface area contributed by atoms with E-state index in [4.69, 9.17) is 9.15 Å². The van der Waals surface area contributed by atoms with Crippen LogP contribution in [0, 0.1) is 6.92 Å². The molecular formula is C20H16F3NO4. The van der Waals surface area contributed by atoms with Crippen LogP contribution in [0.1, 0.15) is 11.1 Å². The lowest BCUT2D eigenvalue weighted by molar-refractivity contribution is -0.137. The van der Waals surface area contributed by atoms with Crippen molar-refractivity contribution in [3.8, 4) is 16.9 Å². The molecule has 0 aliphatic heterocycles. The average molecular weight is 391 g/mol. The van der Waals surface area contributed by atoms with Gasteiger partial charge in [-0.05, 0) is 42.3 Å². The van der Waals surface area contributed by atoms with E-state index in [0.29, 0.717) is 16.5 Å². The third-order valence-corrected chi connectivity index (χ3v) is 4.21. The highest BCUT2D eigenvalue weighted by atomic mass is 19.4. The Kier molecular flexibility index (Phi) is 4.89. The predicted octanol–water partition coefficient (Wildman–Crippen LogP) is 4.85. The molecular weight excluding hydrogens is 375 g/mol. The number of fused-ring (bicyclic) bond motifs is 1. The van der Waals surface area contributed by atoms with Crippen LogP contribution in [0.25, 0.3) is 22.1 Å². The van der Waals surface area contributed by atoms with Crippen molar-refractivity contribution in [2.45, 2.75) is 13.1 Å². The maximum atomic E-state index is 12.7. The molecule has 0 spiro atoms. The molecule has 5 nitrogen and oxygen atoms in total. The van der Waals surface area contributed by atoms with E-state index in [1.54, 1.807) is 19.1 Å². The van der Waals surface area contributed by atoms with Crippen molar-refractivity contribution >= 4 is 17.1 Å². The molecule has 2 aromatic carbocycles. The molecule has 8 heteroatoms. The largest absolute Gasteiger partial charge is 0.422 e. The Morgan fingerprint density at radius 1 is 1.07 bits per heavy atom. The van der Waals surface area contributed by atoms with Gasteiger partial charge in [-0.3, -0.25) is 0 Å². The van der Waals surface area contributed by atoms with Crippen LogP contribution in [0.5, 0.6) is 5.75 Å². The molecule has 3 rings (SSSR count). The second-order valence-electron chi connectivity index (χ2n) is 6.38. The molecule has 0 bridgehead atoms. The Labute approximate surface area is 157 Å². The number of benzene rings is 2. The maximum Gasteiger partial charge on any atom is 0.416 e. The van der Waals surface area contributed by atoms with Crippen molar-refractivity contribution in [2.24, 2.45) is 0 Å². The van der Waals surface area contributed by atoms with E-state index in [-0.39, 0.29) is 16.9 Å². The molecule has 0 aliphatic rings. The van der Waals surface area contributed by atoms with E-state index in [1.165, 1.54) is 37.2 Å². The Balaban J connectivity index is 2.06. The van der Waals surface area contributed by atoms with Crippen molar-refractivity contribution in [1.82, 2.24) is 4.90 Å². The molecule has 1 heterocycles. The number of carbonyl (C=O) groups excluding carboxylic acids is 1. The fraction of sp³-hybridized carbons (Fsp3) is 0.200. The summed E-state index contributed by atoms with van der Waals surface area (Å²) in [7, 11) is 3.06. The molecule has 146 valence electrons. The predicted molar refractivity (Wildman–Crippen MR) is 97.4 cm³/mol. The molecule has 0 fully saturated rings. The van der Waals surface area contributed by atoms with Gasteiger partial charge in [0.05, 0.1) is 11.1 Å². The lowest BCUT2D eigenvalue weighted by Crippen LogP contribution is -2.25. The minimum Gasteiger partial charge on any atom is -0.422 e. The summed E-state index contributed by atoms with van der Waals surface area (Å²) in [4.78, 5) is 25.4. The number of rotatable bonds is 2. The number of alkyl halides is 3. The van der Waals surface area contributed by atoms with Crippen LogP contribution in [0.2, 0.25) is 0 Å². The lowest BCUT2D eigenvalue weighted by Gasteiger charge is -2.12. The van der Waals surface area contributed by atoms with Crippen LogP contribution in [-0.4, -0.2) is 25.1 Å². The number of hydrogen-bond donors (Lipinski definition) is 0. The Bertz CT molecular complexity index is 1100. The molecule has 1 aromatic heterocycles. The van der Waals surface area contributed by atoms with E-state index >= 15 is 0 Å². The first-order valence-corrected chi connectivity index (χ1v) is 8.22. The van der Waals surface area contributed by atoms with Crippen molar-refractivity contribution in [2.75, 3.05) is 14.1 Å². The fourth-order valence-electron chi connectivity index (χ4n) is 2.75. The number of carbonyl (C=O) groups is 1. The van der Waals surface area contributed by atoms with Crippen molar-refractivity contribution < 1.29 is 27.1 Å². The van der Waals surface area contributed by atoms with Crippen LogP contribution in [0.15, 0.2) is 51.7 Å². The summed E-state index contributed by atoms with van der Waals surface area (Å²) < 4.78 is 48.7. The smallest absolute Gasteiger partial charge is 0.416 e. The summed E-state index contributed by atoms with van der Waals surface area (Å²) in [5.41, 5.74) is -0.227. The molecule has 0 saturated carbocycles. The van der Waals surface area contributed by atoms with Gasteiger partial charge in [0.2, 0.25) is 0 Å². The second kappa shape index (κ2) is 7.03. The zero-order valence-corrected chi connectivity index (χ0v) is 15.3. The van der Waals surface area contributed by atoms with Gasteiger partial charge in [0.25, 0.3) is 0 Å². The summed E-state index contributed by atoms with van der Waals surface area (Å²) in [5, 5.41) is 0.583. The highest BCUT2D eigenvalue weighted by Gasteiger charge is 2.30. The van der Waals surface area contributed by atoms with Crippen LogP contribution < -0.4 is 10.4 Å². The highest BCUT2D eigenvalue weighted by molar-refractivity contribution is 5.88. The van der Waals surface area contributed by atoms with Gasteiger partial charge < -0.3 is 14.1 Å². The van der Waals surface area contributed by atoms with E-state index in [1.807, 2.05) is 0 Å². The Hall–Kier alpha value is -3.29. The SMILES string of the molecule is Cc1c(-c2ccc(C(F)(F)F)cc2)c(=O)oc2cc(OC(=O)N(C)C)ccc12. The number of nitrogens with zero attached hydrogens (tertiary/aromatic N) is 1. The topological polar surface area (TPSA) is 59.8 Å². The standard InChI is InChI=1S/C20H16F3NO4/c1-11-15-9-8-14(27-19(26)24(2)3)10-16(15)28-18(25)17(11)12-4-6-13(7-5-12)20(21,22)23/h4-10H,1-3H3. The number of ether oxygens (including phenoxy) is 1. The lowest BCUT2D eigenvalue weighted by atomic mass is 9.98. The molecule has 0 aliphatic carbocycles. The fourth-order valence-corrected chi connectivity index (χ4v) is 2.75. The van der Waals surface area contributed by atoms with Gasteiger partial charge in [0.1, 0.15) is 11.3 Å². The van der Waals surface area contributed by atoms with Crippen molar-refractivity contribution in [3.63, 3.8) is 0 Å². The zero-order valence-electron chi connectivity index (χ0n) is 15.3. The van der Waals surface area contributed by atoms with E-state index in [9.17, 15) is 22.8 Å². The van der Waals surface area contributed by atoms with E-state index < -0.39 is 23.5 Å². The first-order chi connectivity index (χ1) is 13.1. The van der Waals surface area contributed by atoms with Gasteiger partial charge in [-0.1, -0.05) is 12.1 Å². The summed E-state index contributed by atoms with van der Waals surface area (Å²) in [6.45, 7) is 1.68. The summed E-state index contributed by atoms with van der Waals surface area (Å²) in [6.07, 6.45) is -5.04. The van der Waals surface area contributed by atoms with Gasteiger partial charge in [-0.2, -0.15) is 13.2 Å². The highest BCUT2D eigenvalue weighted by Crippen LogP contribution is 2.33. The molecule has 28 heavy (non-hydrogen) atoms. The number of halogens is 3. The Morgan fingerprint density at radius 3 is 2.29 bits per heavy atom. The van der Waals surface area contributed by atoms with Gasteiger partial charge in [0.15, 0.2) is 0 Å². The average Bonchev–Trinajstić information content (AvgIpc) is 2.61.